The summed E-state index contributed by atoms with van der Waals surface area (Å²) in [5, 5.41) is 3.15. The molecule has 0 aliphatic heterocycles. The van der Waals surface area contributed by atoms with Gasteiger partial charge in [0.1, 0.15) is 0 Å². The number of esters is 1. The molecular weight excluding hydrogens is 314 g/mol. The van der Waals surface area contributed by atoms with Crippen LogP contribution in [0.2, 0.25) is 5.02 Å². The van der Waals surface area contributed by atoms with Crippen molar-refractivity contribution >= 4 is 29.2 Å². The van der Waals surface area contributed by atoms with Crippen molar-refractivity contribution in [2.24, 2.45) is 0 Å². The number of amides is 1. The Labute approximate surface area is 140 Å². The lowest BCUT2D eigenvalue weighted by Crippen LogP contribution is -2.34. The van der Waals surface area contributed by atoms with Gasteiger partial charge in [-0.05, 0) is 37.6 Å². The predicted molar refractivity (Wildman–Crippen MR) is 90.9 cm³/mol. The molecule has 0 aromatic heterocycles. The first-order valence-corrected chi connectivity index (χ1v) is 7.49. The number of benzene rings is 2. The van der Waals surface area contributed by atoms with Gasteiger partial charge in [0.2, 0.25) is 5.91 Å². The standard InChI is InChI=1S/C18H18ClNO3/c1-18(2,13-7-5-4-6-8-13)17(22)20-15-11-12(16(21)23-3)9-10-14(15)19/h4-11H,1-3H3,(H,20,22). The highest BCUT2D eigenvalue weighted by Gasteiger charge is 2.30. The number of carbonyl (C=O) groups is 2. The van der Waals surface area contributed by atoms with Gasteiger partial charge < -0.3 is 10.1 Å². The second-order valence-corrected chi connectivity index (χ2v) is 6.04. The third-order valence-electron chi connectivity index (χ3n) is 3.70. The second kappa shape index (κ2) is 6.84. The molecular formula is C18H18ClNO3. The van der Waals surface area contributed by atoms with Crippen molar-refractivity contribution in [1.29, 1.82) is 0 Å². The van der Waals surface area contributed by atoms with Gasteiger partial charge in [0, 0.05) is 0 Å². The fourth-order valence-corrected chi connectivity index (χ4v) is 2.30. The Kier molecular flexibility index (Phi) is 5.06. The molecule has 0 aliphatic rings. The van der Waals surface area contributed by atoms with Crippen LogP contribution in [0.5, 0.6) is 0 Å². The number of halogens is 1. The number of nitrogens with one attached hydrogen (secondary N) is 1. The van der Waals surface area contributed by atoms with Gasteiger partial charge in [-0.2, -0.15) is 0 Å². The molecule has 0 fully saturated rings. The summed E-state index contributed by atoms with van der Waals surface area (Å²) in [7, 11) is 1.30. The fraction of sp³-hybridized carbons (Fsp3) is 0.222. The van der Waals surface area contributed by atoms with E-state index < -0.39 is 11.4 Å². The van der Waals surface area contributed by atoms with Gasteiger partial charge in [0.05, 0.1) is 28.8 Å². The molecule has 2 aromatic rings. The van der Waals surface area contributed by atoms with Crippen molar-refractivity contribution in [3.63, 3.8) is 0 Å². The normalized spacial score (nSPS) is 11.0. The summed E-state index contributed by atoms with van der Waals surface area (Å²) in [6.45, 7) is 3.66. The van der Waals surface area contributed by atoms with E-state index in [-0.39, 0.29) is 5.91 Å². The summed E-state index contributed by atoms with van der Waals surface area (Å²) in [6, 6.07) is 14.1. The van der Waals surface area contributed by atoms with Gasteiger partial charge in [-0.3, -0.25) is 4.79 Å². The van der Waals surface area contributed by atoms with Crippen molar-refractivity contribution in [3.8, 4) is 0 Å². The molecule has 0 saturated carbocycles. The highest BCUT2D eigenvalue weighted by atomic mass is 35.5. The summed E-state index contributed by atoms with van der Waals surface area (Å²) in [5.74, 6) is -0.702. The minimum Gasteiger partial charge on any atom is -0.465 e. The van der Waals surface area contributed by atoms with E-state index in [0.717, 1.165) is 5.56 Å². The Morgan fingerprint density at radius 2 is 1.74 bits per heavy atom. The van der Waals surface area contributed by atoms with Gasteiger partial charge in [-0.1, -0.05) is 41.9 Å². The van der Waals surface area contributed by atoms with E-state index in [9.17, 15) is 9.59 Å². The van der Waals surface area contributed by atoms with E-state index >= 15 is 0 Å². The molecule has 5 heteroatoms. The summed E-state index contributed by atoms with van der Waals surface area (Å²) >= 11 is 6.12. The molecule has 1 amide bonds. The predicted octanol–water partition coefficient (Wildman–Crippen LogP) is 4.04. The first kappa shape index (κ1) is 17.0. The second-order valence-electron chi connectivity index (χ2n) is 5.63. The molecule has 0 radical (unpaired) electrons. The van der Waals surface area contributed by atoms with Crippen molar-refractivity contribution in [1.82, 2.24) is 0 Å². The lowest BCUT2D eigenvalue weighted by molar-refractivity contribution is -0.120. The third-order valence-corrected chi connectivity index (χ3v) is 4.03. The van der Waals surface area contributed by atoms with E-state index in [0.29, 0.717) is 16.3 Å². The summed E-state index contributed by atoms with van der Waals surface area (Å²) < 4.78 is 4.68. The van der Waals surface area contributed by atoms with Crippen LogP contribution in [0.1, 0.15) is 29.8 Å². The van der Waals surface area contributed by atoms with Crippen molar-refractivity contribution in [2.75, 3.05) is 12.4 Å². The van der Waals surface area contributed by atoms with Crippen LogP contribution in [0, 0.1) is 0 Å². The quantitative estimate of drug-likeness (QED) is 0.860. The minimum absolute atomic E-state index is 0.215. The zero-order chi connectivity index (χ0) is 17.0. The van der Waals surface area contributed by atoms with Crippen LogP contribution in [-0.2, 0) is 14.9 Å². The van der Waals surface area contributed by atoms with Crippen molar-refractivity contribution in [2.45, 2.75) is 19.3 Å². The SMILES string of the molecule is COC(=O)c1ccc(Cl)c(NC(=O)C(C)(C)c2ccccc2)c1. The topological polar surface area (TPSA) is 55.4 Å². The molecule has 0 aliphatic carbocycles. The van der Waals surface area contributed by atoms with E-state index in [1.54, 1.807) is 12.1 Å². The van der Waals surface area contributed by atoms with E-state index in [1.165, 1.54) is 13.2 Å². The molecule has 0 unspecified atom stereocenters. The van der Waals surface area contributed by atoms with Crippen LogP contribution >= 0.6 is 11.6 Å². The molecule has 0 bridgehead atoms. The number of hydrogen-bond donors (Lipinski definition) is 1. The zero-order valence-corrected chi connectivity index (χ0v) is 14.0. The van der Waals surface area contributed by atoms with Crippen LogP contribution < -0.4 is 5.32 Å². The molecule has 2 aromatic carbocycles. The number of ether oxygens (including phenoxy) is 1. The Morgan fingerprint density at radius 1 is 1.09 bits per heavy atom. The Hall–Kier alpha value is -2.33. The van der Waals surface area contributed by atoms with Gasteiger partial charge in [-0.15, -0.1) is 0 Å². The number of rotatable bonds is 4. The van der Waals surface area contributed by atoms with Crippen LogP contribution in [0.3, 0.4) is 0 Å². The summed E-state index contributed by atoms with van der Waals surface area (Å²) in [4.78, 5) is 24.3. The summed E-state index contributed by atoms with van der Waals surface area (Å²) in [6.07, 6.45) is 0. The number of hydrogen-bond acceptors (Lipinski definition) is 3. The Morgan fingerprint density at radius 3 is 2.35 bits per heavy atom. The van der Waals surface area contributed by atoms with E-state index in [2.05, 4.69) is 10.1 Å². The Balaban J connectivity index is 2.28. The molecule has 120 valence electrons. The van der Waals surface area contributed by atoms with Crippen LogP contribution in [0.25, 0.3) is 0 Å². The number of carbonyl (C=O) groups excluding carboxylic acids is 2. The maximum Gasteiger partial charge on any atom is 0.337 e. The van der Waals surface area contributed by atoms with Gasteiger partial charge in [-0.25, -0.2) is 4.79 Å². The first-order valence-electron chi connectivity index (χ1n) is 7.11. The van der Waals surface area contributed by atoms with Crippen LogP contribution in [-0.4, -0.2) is 19.0 Å². The maximum atomic E-state index is 12.7. The highest BCUT2D eigenvalue weighted by Crippen LogP contribution is 2.28. The first-order chi connectivity index (χ1) is 10.9. The summed E-state index contributed by atoms with van der Waals surface area (Å²) in [5.41, 5.74) is 0.845. The van der Waals surface area contributed by atoms with Crippen LogP contribution in [0.15, 0.2) is 48.5 Å². The fourth-order valence-electron chi connectivity index (χ4n) is 2.13. The zero-order valence-electron chi connectivity index (χ0n) is 13.2. The van der Waals surface area contributed by atoms with E-state index in [4.69, 9.17) is 11.6 Å². The van der Waals surface area contributed by atoms with Gasteiger partial charge >= 0.3 is 5.97 Å². The molecule has 0 saturated heterocycles. The average molecular weight is 332 g/mol. The largest absolute Gasteiger partial charge is 0.465 e. The molecule has 2 rings (SSSR count). The van der Waals surface area contributed by atoms with Crippen LogP contribution in [0.4, 0.5) is 5.69 Å². The smallest absolute Gasteiger partial charge is 0.337 e. The maximum absolute atomic E-state index is 12.7. The number of anilines is 1. The third kappa shape index (κ3) is 3.71. The van der Waals surface area contributed by atoms with Gasteiger partial charge in [0.15, 0.2) is 0 Å². The average Bonchev–Trinajstić information content (AvgIpc) is 2.56. The van der Waals surface area contributed by atoms with Gasteiger partial charge in [0.25, 0.3) is 0 Å². The molecule has 1 N–H and O–H groups in total. The highest BCUT2D eigenvalue weighted by molar-refractivity contribution is 6.34. The molecule has 0 atom stereocenters. The van der Waals surface area contributed by atoms with E-state index in [1.807, 2.05) is 44.2 Å². The molecule has 23 heavy (non-hydrogen) atoms. The number of methoxy groups -OCH3 is 1. The minimum atomic E-state index is -0.744. The van der Waals surface area contributed by atoms with Crippen molar-refractivity contribution < 1.29 is 14.3 Å². The molecule has 4 nitrogen and oxygen atoms in total. The monoisotopic (exact) mass is 331 g/mol. The molecule has 0 spiro atoms. The lowest BCUT2D eigenvalue weighted by Gasteiger charge is -2.24. The Bertz CT molecular complexity index is 726. The molecule has 0 heterocycles. The van der Waals surface area contributed by atoms with Crippen molar-refractivity contribution in [3.05, 3.63) is 64.7 Å². The lowest BCUT2D eigenvalue weighted by atomic mass is 9.83.